The summed E-state index contributed by atoms with van der Waals surface area (Å²) in [5.74, 6) is 2.07. The van der Waals surface area contributed by atoms with Crippen molar-refractivity contribution in [1.29, 1.82) is 0 Å². The van der Waals surface area contributed by atoms with Crippen molar-refractivity contribution in [3.8, 4) is 0 Å². The van der Waals surface area contributed by atoms with Crippen LogP contribution in [0.15, 0.2) is 15.5 Å². The van der Waals surface area contributed by atoms with E-state index >= 15 is 0 Å². The van der Waals surface area contributed by atoms with Gasteiger partial charge in [0.05, 0.1) is 11.9 Å². The van der Waals surface area contributed by atoms with E-state index in [0.717, 1.165) is 24.3 Å². The molecule has 0 radical (unpaired) electrons. The lowest BCUT2D eigenvalue weighted by Gasteiger charge is -2.24. The van der Waals surface area contributed by atoms with Gasteiger partial charge < -0.3 is 5.32 Å². The molecule has 1 aromatic heterocycles. The minimum absolute atomic E-state index is 0.0926. The molecule has 0 aliphatic carbocycles. The molecule has 0 aromatic carbocycles. The molecule has 1 fully saturated rings. The molecule has 0 amide bonds. The first kappa shape index (κ1) is 15.7. The van der Waals surface area contributed by atoms with Crippen LogP contribution in [0.1, 0.15) is 12.8 Å². The van der Waals surface area contributed by atoms with Crippen LogP contribution in [0, 0.1) is 0 Å². The second kappa shape index (κ2) is 6.38. The molecule has 0 saturated carbocycles. The number of nitrogens with zero attached hydrogens (tertiary/aromatic N) is 2. The van der Waals surface area contributed by atoms with Gasteiger partial charge >= 0.3 is 6.18 Å². The first-order chi connectivity index (χ1) is 9.37. The number of anilines is 1. The summed E-state index contributed by atoms with van der Waals surface area (Å²) in [4.78, 5) is 11.8. The van der Waals surface area contributed by atoms with Crippen LogP contribution in [-0.2, 0) is 6.54 Å². The quantitative estimate of drug-likeness (QED) is 0.887. The highest BCUT2D eigenvalue weighted by molar-refractivity contribution is 9.10. The second-order valence-electron chi connectivity index (χ2n) is 4.48. The fraction of sp³-hybridized carbons (Fsp3) is 0.636. The maximum atomic E-state index is 12.3. The van der Waals surface area contributed by atoms with Crippen LogP contribution in [0.3, 0.4) is 0 Å². The van der Waals surface area contributed by atoms with Crippen LogP contribution in [-0.4, -0.2) is 33.5 Å². The van der Waals surface area contributed by atoms with Gasteiger partial charge in [0.2, 0.25) is 0 Å². The fourth-order valence-corrected chi connectivity index (χ4v) is 3.44. The van der Waals surface area contributed by atoms with Gasteiger partial charge in [-0.25, -0.2) is 4.68 Å². The molecule has 2 rings (SSSR count). The van der Waals surface area contributed by atoms with Crippen molar-refractivity contribution < 1.29 is 13.2 Å². The Labute approximate surface area is 126 Å². The summed E-state index contributed by atoms with van der Waals surface area (Å²) in [5, 5.41) is 6.74. The average molecular weight is 372 g/mol. The lowest BCUT2D eigenvalue weighted by molar-refractivity contribution is -0.143. The van der Waals surface area contributed by atoms with Crippen LogP contribution in [0.25, 0.3) is 0 Å². The molecule has 0 spiro atoms. The molecular weight excluding hydrogens is 359 g/mol. The molecule has 20 heavy (non-hydrogen) atoms. The Morgan fingerprint density at radius 2 is 2.10 bits per heavy atom. The van der Waals surface area contributed by atoms with E-state index in [1.165, 1.54) is 6.20 Å². The highest BCUT2D eigenvalue weighted by atomic mass is 79.9. The Hall–Kier alpha value is -0.700. The average Bonchev–Trinajstić information content (AvgIpc) is 2.38. The highest BCUT2D eigenvalue weighted by Crippen LogP contribution is 2.24. The molecule has 0 bridgehead atoms. The van der Waals surface area contributed by atoms with E-state index in [9.17, 15) is 18.0 Å². The molecule has 112 valence electrons. The Morgan fingerprint density at radius 1 is 1.45 bits per heavy atom. The van der Waals surface area contributed by atoms with Gasteiger partial charge in [-0.15, -0.1) is 0 Å². The van der Waals surface area contributed by atoms with E-state index < -0.39 is 18.3 Å². The Morgan fingerprint density at radius 3 is 2.70 bits per heavy atom. The number of hydrogen-bond acceptors (Lipinski definition) is 4. The Balaban J connectivity index is 2.15. The smallest absolute Gasteiger partial charge is 0.380 e. The minimum Gasteiger partial charge on any atom is -0.380 e. The summed E-state index contributed by atoms with van der Waals surface area (Å²) in [6.45, 7) is -1.38. The normalized spacial score (nSPS) is 17.2. The van der Waals surface area contributed by atoms with Crippen molar-refractivity contribution in [2.45, 2.75) is 31.6 Å². The number of alkyl halides is 3. The van der Waals surface area contributed by atoms with E-state index in [1.54, 1.807) is 0 Å². The van der Waals surface area contributed by atoms with Gasteiger partial charge in [0.25, 0.3) is 5.56 Å². The number of nitrogens with one attached hydrogen (secondary N) is 1. The topological polar surface area (TPSA) is 46.9 Å². The third kappa shape index (κ3) is 4.15. The first-order valence-corrected chi connectivity index (χ1v) is 7.98. The molecule has 1 saturated heterocycles. The van der Waals surface area contributed by atoms with Crippen LogP contribution >= 0.6 is 27.7 Å². The molecule has 1 N–H and O–H groups in total. The van der Waals surface area contributed by atoms with Crippen molar-refractivity contribution in [1.82, 2.24) is 9.78 Å². The van der Waals surface area contributed by atoms with Gasteiger partial charge in [-0.2, -0.15) is 30.0 Å². The van der Waals surface area contributed by atoms with E-state index in [4.69, 9.17) is 0 Å². The molecule has 1 aliphatic heterocycles. The summed E-state index contributed by atoms with van der Waals surface area (Å²) in [6.07, 6.45) is -1.28. The van der Waals surface area contributed by atoms with Crippen LogP contribution in [0.4, 0.5) is 18.9 Å². The zero-order chi connectivity index (χ0) is 14.8. The molecule has 0 atom stereocenters. The lowest BCUT2D eigenvalue weighted by atomic mass is 10.1. The zero-order valence-corrected chi connectivity index (χ0v) is 12.8. The van der Waals surface area contributed by atoms with Gasteiger partial charge in [-0.05, 0) is 40.3 Å². The third-order valence-electron chi connectivity index (χ3n) is 2.89. The van der Waals surface area contributed by atoms with E-state index in [1.807, 2.05) is 11.8 Å². The number of hydrogen-bond donors (Lipinski definition) is 1. The number of aromatic nitrogens is 2. The number of rotatable bonds is 3. The maximum Gasteiger partial charge on any atom is 0.408 e. The van der Waals surface area contributed by atoms with Crippen molar-refractivity contribution in [2.75, 3.05) is 16.8 Å². The number of halogens is 4. The van der Waals surface area contributed by atoms with E-state index in [2.05, 4.69) is 26.3 Å². The van der Waals surface area contributed by atoms with Crippen LogP contribution in [0.5, 0.6) is 0 Å². The zero-order valence-electron chi connectivity index (χ0n) is 10.4. The predicted octanol–water partition coefficient (Wildman–Crippen LogP) is 2.88. The van der Waals surface area contributed by atoms with E-state index in [-0.39, 0.29) is 10.5 Å². The molecule has 9 heteroatoms. The molecule has 1 aliphatic rings. The summed E-state index contributed by atoms with van der Waals surface area (Å²) in [6, 6.07) is 0.229. The lowest BCUT2D eigenvalue weighted by Crippen LogP contribution is -2.32. The molecule has 4 nitrogen and oxygen atoms in total. The summed E-state index contributed by atoms with van der Waals surface area (Å²) >= 11 is 4.92. The highest BCUT2D eigenvalue weighted by Gasteiger charge is 2.29. The van der Waals surface area contributed by atoms with Gasteiger partial charge in [-0.1, -0.05) is 0 Å². The van der Waals surface area contributed by atoms with Crippen molar-refractivity contribution in [3.63, 3.8) is 0 Å². The standard InChI is InChI=1S/C11H13BrF3N3OS/c12-9-8(17-7-1-3-20-4-2-7)5-16-18(10(9)19)6-11(13,14)15/h5,7,17H,1-4,6H2. The van der Waals surface area contributed by atoms with Gasteiger partial charge in [-0.3, -0.25) is 4.79 Å². The molecule has 1 aromatic rings. The molecular formula is C11H13BrF3N3OS. The first-order valence-electron chi connectivity index (χ1n) is 6.03. The fourth-order valence-electron chi connectivity index (χ4n) is 1.91. The van der Waals surface area contributed by atoms with Crippen molar-refractivity contribution >= 4 is 33.4 Å². The third-order valence-corrected chi connectivity index (χ3v) is 4.71. The minimum atomic E-state index is -4.47. The van der Waals surface area contributed by atoms with Gasteiger partial charge in [0, 0.05) is 6.04 Å². The van der Waals surface area contributed by atoms with Crippen molar-refractivity contribution in [2.24, 2.45) is 0 Å². The maximum absolute atomic E-state index is 12.3. The Kier molecular flexibility index (Phi) is 5.00. The summed E-state index contributed by atoms with van der Waals surface area (Å²) in [5.41, 5.74) is -0.331. The van der Waals surface area contributed by atoms with Gasteiger partial charge in [0.15, 0.2) is 0 Å². The second-order valence-corrected chi connectivity index (χ2v) is 6.50. The molecule has 0 unspecified atom stereocenters. The number of thioether (sulfide) groups is 1. The molecule has 2 heterocycles. The monoisotopic (exact) mass is 371 g/mol. The SMILES string of the molecule is O=c1c(Br)c(NC2CCSCC2)cnn1CC(F)(F)F. The van der Waals surface area contributed by atoms with Crippen LogP contribution < -0.4 is 10.9 Å². The predicted molar refractivity (Wildman–Crippen MR) is 76.2 cm³/mol. The largest absolute Gasteiger partial charge is 0.408 e. The van der Waals surface area contributed by atoms with Crippen LogP contribution in [0.2, 0.25) is 0 Å². The van der Waals surface area contributed by atoms with E-state index in [0.29, 0.717) is 10.4 Å². The summed E-state index contributed by atoms with van der Waals surface area (Å²) in [7, 11) is 0. The summed E-state index contributed by atoms with van der Waals surface area (Å²) < 4.78 is 37.4. The van der Waals surface area contributed by atoms with Gasteiger partial charge in [0.1, 0.15) is 11.0 Å². The Bertz CT molecular complexity index is 529. The van der Waals surface area contributed by atoms with Crippen molar-refractivity contribution in [3.05, 3.63) is 21.0 Å².